The molecular weight excluding hydrogens is 424 g/mol. The topological polar surface area (TPSA) is 75.7 Å². The van der Waals surface area contributed by atoms with E-state index in [4.69, 9.17) is 4.74 Å². The van der Waals surface area contributed by atoms with Crippen LogP contribution in [0.1, 0.15) is 29.7 Å². The number of methoxy groups -OCH3 is 1. The van der Waals surface area contributed by atoms with Crippen molar-refractivity contribution >= 4 is 21.6 Å². The molecule has 0 saturated heterocycles. The zero-order chi connectivity index (χ0) is 23.3. The molecule has 0 aliphatic rings. The summed E-state index contributed by atoms with van der Waals surface area (Å²) in [6, 6.07) is 22.7. The fourth-order valence-electron chi connectivity index (χ4n) is 3.56. The average Bonchev–Trinajstić information content (AvgIpc) is 2.78. The van der Waals surface area contributed by atoms with Gasteiger partial charge in [0.25, 0.3) is 0 Å². The van der Waals surface area contributed by atoms with Gasteiger partial charge in [-0.3, -0.25) is 9.10 Å². The molecule has 0 radical (unpaired) electrons. The summed E-state index contributed by atoms with van der Waals surface area (Å²) in [5, 5.41) is 3.04. The molecule has 0 spiro atoms. The van der Waals surface area contributed by atoms with Crippen molar-refractivity contribution in [3.05, 3.63) is 95.6 Å². The van der Waals surface area contributed by atoms with Crippen molar-refractivity contribution in [2.45, 2.75) is 25.9 Å². The third-order valence-electron chi connectivity index (χ3n) is 5.25. The number of nitrogens with one attached hydrogen (secondary N) is 1. The lowest BCUT2D eigenvalue weighted by Gasteiger charge is -2.30. The van der Waals surface area contributed by atoms with Crippen LogP contribution in [0.3, 0.4) is 0 Å². The first-order valence-corrected chi connectivity index (χ1v) is 12.1. The van der Waals surface area contributed by atoms with E-state index in [2.05, 4.69) is 5.32 Å². The highest BCUT2D eigenvalue weighted by Gasteiger charge is 2.31. The predicted molar refractivity (Wildman–Crippen MR) is 127 cm³/mol. The molecule has 0 aliphatic carbocycles. The van der Waals surface area contributed by atoms with Gasteiger partial charge in [-0.05, 0) is 49.2 Å². The molecule has 3 aromatic carbocycles. The third-order valence-corrected chi connectivity index (χ3v) is 6.49. The average molecular weight is 453 g/mol. The number of amides is 1. The number of carbonyl (C=O) groups excluding carboxylic acids is 1. The Bertz CT molecular complexity index is 1140. The van der Waals surface area contributed by atoms with Crippen LogP contribution in [0.5, 0.6) is 5.75 Å². The summed E-state index contributed by atoms with van der Waals surface area (Å²) in [6.07, 6.45) is 1.09. The maximum absolute atomic E-state index is 13.3. The van der Waals surface area contributed by atoms with Crippen LogP contribution in [0.15, 0.2) is 78.9 Å². The summed E-state index contributed by atoms with van der Waals surface area (Å²) >= 11 is 0. The molecule has 0 heterocycles. The van der Waals surface area contributed by atoms with E-state index in [1.165, 1.54) is 7.11 Å². The third kappa shape index (κ3) is 5.48. The second kappa shape index (κ2) is 9.87. The Balaban J connectivity index is 1.93. The minimum Gasteiger partial charge on any atom is -0.497 e. The SMILES string of the molecule is COc1ccc(N([C@H](C)C(=O)N[C@H](c2ccccc2)c2ccc(C)cc2)S(C)(=O)=O)cc1. The monoisotopic (exact) mass is 452 g/mol. The molecule has 2 atom stereocenters. The maximum atomic E-state index is 13.3. The van der Waals surface area contributed by atoms with E-state index in [1.54, 1.807) is 31.2 Å². The molecule has 0 fully saturated rings. The number of benzene rings is 3. The highest BCUT2D eigenvalue weighted by atomic mass is 32.2. The van der Waals surface area contributed by atoms with Crippen molar-refractivity contribution in [2.24, 2.45) is 0 Å². The van der Waals surface area contributed by atoms with Gasteiger partial charge in [0, 0.05) is 0 Å². The normalized spacial score (nSPS) is 13.1. The molecule has 1 N–H and O–H groups in total. The summed E-state index contributed by atoms with van der Waals surface area (Å²) in [4.78, 5) is 13.3. The van der Waals surface area contributed by atoms with Gasteiger partial charge in [-0.25, -0.2) is 8.42 Å². The number of hydrogen-bond donors (Lipinski definition) is 1. The van der Waals surface area contributed by atoms with Gasteiger partial charge in [-0.1, -0.05) is 60.2 Å². The summed E-state index contributed by atoms with van der Waals surface area (Å²) in [5.41, 5.74) is 3.33. The van der Waals surface area contributed by atoms with Crippen LogP contribution >= 0.6 is 0 Å². The van der Waals surface area contributed by atoms with Gasteiger partial charge in [0.05, 0.1) is 25.1 Å². The molecule has 0 saturated carbocycles. The first kappa shape index (κ1) is 23.3. The zero-order valence-corrected chi connectivity index (χ0v) is 19.5. The molecule has 1 amide bonds. The Kier molecular flexibility index (Phi) is 7.20. The summed E-state index contributed by atoms with van der Waals surface area (Å²) < 4.78 is 31.5. The van der Waals surface area contributed by atoms with E-state index < -0.39 is 28.0 Å². The molecule has 3 rings (SSSR count). The van der Waals surface area contributed by atoms with Gasteiger partial charge in [-0.15, -0.1) is 0 Å². The Labute approximate surface area is 189 Å². The lowest BCUT2D eigenvalue weighted by molar-refractivity contribution is -0.122. The van der Waals surface area contributed by atoms with Crippen LogP contribution in [-0.4, -0.2) is 33.7 Å². The minimum atomic E-state index is -3.72. The molecule has 168 valence electrons. The predicted octanol–water partition coefficient (Wildman–Crippen LogP) is 4.06. The van der Waals surface area contributed by atoms with E-state index in [-0.39, 0.29) is 0 Å². The smallest absolute Gasteiger partial charge is 0.244 e. The highest BCUT2D eigenvalue weighted by Crippen LogP contribution is 2.26. The Morgan fingerprint density at radius 2 is 1.47 bits per heavy atom. The van der Waals surface area contributed by atoms with Crippen molar-refractivity contribution in [1.82, 2.24) is 5.32 Å². The van der Waals surface area contributed by atoms with Gasteiger partial charge in [0.1, 0.15) is 11.8 Å². The minimum absolute atomic E-state index is 0.391. The number of nitrogens with zero attached hydrogens (tertiary/aromatic N) is 1. The van der Waals surface area contributed by atoms with E-state index in [0.29, 0.717) is 11.4 Å². The van der Waals surface area contributed by atoms with Crippen molar-refractivity contribution in [3.63, 3.8) is 0 Å². The number of rotatable bonds is 8. The van der Waals surface area contributed by atoms with Gasteiger partial charge in [-0.2, -0.15) is 0 Å². The Morgan fingerprint density at radius 3 is 2.00 bits per heavy atom. The second-order valence-corrected chi connectivity index (χ2v) is 9.56. The molecular formula is C25H28N2O4S. The van der Waals surface area contributed by atoms with Crippen molar-refractivity contribution < 1.29 is 17.9 Å². The van der Waals surface area contributed by atoms with E-state index in [9.17, 15) is 13.2 Å². The number of sulfonamides is 1. The van der Waals surface area contributed by atoms with Crippen LogP contribution in [0, 0.1) is 6.92 Å². The maximum Gasteiger partial charge on any atom is 0.244 e. The molecule has 6 nitrogen and oxygen atoms in total. The van der Waals surface area contributed by atoms with Crippen molar-refractivity contribution in [3.8, 4) is 5.75 Å². The van der Waals surface area contributed by atoms with E-state index in [1.807, 2.05) is 61.5 Å². The molecule has 0 bridgehead atoms. The van der Waals surface area contributed by atoms with Crippen LogP contribution in [0.2, 0.25) is 0 Å². The molecule has 0 aromatic heterocycles. The molecule has 0 unspecified atom stereocenters. The van der Waals surface area contributed by atoms with Crippen LogP contribution in [0.4, 0.5) is 5.69 Å². The number of carbonyl (C=O) groups is 1. The number of aryl methyl sites for hydroxylation is 1. The van der Waals surface area contributed by atoms with Crippen LogP contribution < -0.4 is 14.4 Å². The highest BCUT2D eigenvalue weighted by molar-refractivity contribution is 7.92. The van der Waals surface area contributed by atoms with Crippen molar-refractivity contribution in [1.29, 1.82) is 0 Å². The summed E-state index contributed by atoms with van der Waals surface area (Å²) in [7, 11) is -2.18. The van der Waals surface area contributed by atoms with E-state index in [0.717, 1.165) is 27.3 Å². The largest absolute Gasteiger partial charge is 0.497 e. The first-order valence-electron chi connectivity index (χ1n) is 10.3. The molecule has 32 heavy (non-hydrogen) atoms. The number of ether oxygens (including phenoxy) is 1. The first-order chi connectivity index (χ1) is 15.2. The lowest BCUT2D eigenvalue weighted by Crippen LogP contribution is -2.48. The zero-order valence-electron chi connectivity index (χ0n) is 18.6. The Hall–Kier alpha value is -3.32. The molecule has 0 aliphatic heterocycles. The molecule has 7 heteroatoms. The summed E-state index contributed by atoms with van der Waals surface area (Å²) in [6.45, 7) is 3.58. The fourth-order valence-corrected chi connectivity index (χ4v) is 4.74. The number of hydrogen-bond acceptors (Lipinski definition) is 4. The van der Waals surface area contributed by atoms with Gasteiger partial charge in [0.15, 0.2) is 0 Å². The lowest BCUT2D eigenvalue weighted by atomic mass is 9.97. The standard InChI is InChI=1S/C25H28N2O4S/c1-18-10-12-21(13-11-18)24(20-8-6-5-7-9-20)26-25(28)19(2)27(32(4,29)30)22-14-16-23(31-3)17-15-22/h5-17,19,24H,1-4H3,(H,26,28)/t19-,24-/m1/s1. The fraction of sp³-hybridized carbons (Fsp3) is 0.240. The van der Waals surface area contributed by atoms with Crippen LogP contribution in [-0.2, 0) is 14.8 Å². The van der Waals surface area contributed by atoms with Crippen molar-refractivity contribution in [2.75, 3.05) is 17.7 Å². The van der Waals surface area contributed by atoms with E-state index >= 15 is 0 Å². The summed E-state index contributed by atoms with van der Waals surface area (Å²) in [5.74, 6) is 0.198. The van der Waals surface area contributed by atoms with Crippen LogP contribution in [0.25, 0.3) is 0 Å². The van der Waals surface area contributed by atoms with Gasteiger partial charge >= 0.3 is 0 Å². The quantitative estimate of drug-likeness (QED) is 0.559. The second-order valence-electron chi connectivity index (χ2n) is 7.70. The number of anilines is 1. The molecule has 3 aromatic rings. The van der Waals surface area contributed by atoms with Gasteiger partial charge < -0.3 is 10.1 Å². The van der Waals surface area contributed by atoms with Gasteiger partial charge in [0.2, 0.25) is 15.9 Å². The Morgan fingerprint density at radius 1 is 0.906 bits per heavy atom.